The van der Waals surface area contributed by atoms with Gasteiger partial charge in [0.25, 0.3) is 0 Å². The van der Waals surface area contributed by atoms with E-state index in [4.69, 9.17) is 32.2 Å². The summed E-state index contributed by atoms with van der Waals surface area (Å²) in [6.07, 6.45) is 0. The molecular weight excluding hydrogens is 739 g/mol. The summed E-state index contributed by atoms with van der Waals surface area (Å²) in [4.78, 5) is 18.0. The van der Waals surface area contributed by atoms with Crippen LogP contribution in [0.2, 0.25) is 0 Å². The number of para-hydroxylation sites is 5. The van der Waals surface area contributed by atoms with Crippen LogP contribution in [0.25, 0.3) is 78.0 Å². The fourth-order valence-corrected chi connectivity index (χ4v) is 8.58. The fourth-order valence-electron chi connectivity index (χ4n) is 8.58. The molecule has 6 N–H and O–H groups in total. The van der Waals surface area contributed by atoms with Crippen molar-refractivity contribution >= 4 is 77.7 Å². The largest absolute Gasteiger partial charge is 0.399 e. The molecule has 8 aromatic carbocycles. The minimum atomic E-state index is 0.419. The maximum atomic E-state index is 6.79. The van der Waals surface area contributed by atoms with Gasteiger partial charge < -0.3 is 26.7 Å². The molecule has 0 bridgehead atoms. The Labute approximate surface area is 345 Å². The first kappa shape index (κ1) is 34.8. The van der Waals surface area contributed by atoms with Gasteiger partial charge in [0.05, 0.1) is 22.1 Å². The lowest BCUT2D eigenvalue weighted by molar-refractivity contribution is 0.953. The monoisotopic (exact) mass is 775 g/mol. The topological polar surface area (TPSA) is 130 Å². The average molecular weight is 776 g/mol. The Balaban J connectivity index is 1.23. The molecule has 0 radical (unpaired) electrons. The third kappa shape index (κ3) is 5.75. The van der Waals surface area contributed by atoms with E-state index in [-0.39, 0.29) is 0 Å². The third-order valence-corrected chi connectivity index (χ3v) is 11.0. The molecular formula is C51H37N9. The molecule has 11 rings (SSSR count). The first-order chi connectivity index (χ1) is 29.5. The Bertz CT molecular complexity index is 3350. The molecule has 0 atom stereocenters. The summed E-state index contributed by atoms with van der Waals surface area (Å²) in [7, 11) is 0. The molecule has 60 heavy (non-hydrogen) atoms. The number of benzene rings is 8. The van der Waals surface area contributed by atoms with Crippen molar-refractivity contribution in [1.29, 1.82) is 0 Å². The number of nitrogens with zero attached hydrogens (tertiary/aromatic N) is 6. The number of nitrogens with two attached hydrogens (primary N) is 3. The Morgan fingerprint density at radius 3 is 1.38 bits per heavy atom. The summed E-state index contributed by atoms with van der Waals surface area (Å²) >= 11 is 0. The maximum absolute atomic E-state index is 6.79. The maximum Gasteiger partial charge on any atom is 0.238 e. The van der Waals surface area contributed by atoms with Gasteiger partial charge in [0.2, 0.25) is 5.95 Å². The number of aromatic nitrogens is 5. The minimum Gasteiger partial charge on any atom is -0.399 e. The Hall–Kier alpha value is -8.43. The highest BCUT2D eigenvalue weighted by molar-refractivity contribution is 6.23. The number of anilines is 6. The lowest BCUT2D eigenvalue weighted by Gasteiger charge is -2.26. The van der Waals surface area contributed by atoms with Gasteiger partial charge in [-0.15, -0.1) is 0 Å². The number of hydrogen-bond acceptors (Lipinski definition) is 7. The van der Waals surface area contributed by atoms with E-state index in [1.165, 1.54) is 0 Å². The number of nitrogen functional groups attached to an aromatic ring is 3. The van der Waals surface area contributed by atoms with E-state index < -0.39 is 0 Å². The molecule has 286 valence electrons. The van der Waals surface area contributed by atoms with Crippen molar-refractivity contribution in [3.8, 4) is 34.4 Å². The van der Waals surface area contributed by atoms with Crippen LogP contribution in [-0.2, 0) is 0 Å². The van der Waals surface area contributed by atoms with E-state index in [2.05, 4.69) is 129 Å². The van der Waals surface area contributed by atoms with Crippen molar-refractivity contribution in [2.24, 2.45) is 0 Å². The zero-order valence-corrected chi connectivity index (χ0v) is 32.3. The van der Waals surface area contributed by atoms with Crippen LogP contribution in [0.3, 0.4) is 0 Å². The average Bonchev–Trinajstić information content (AvgIpc) is 3.80. The van der Waals surface area contributed by atoms with Crippen LogP contribution in [0.15, 0.2) is 188 Å². The van der Waals surface area contributed by atoms with Gasteiger partial charge in [0, 0.05) is 72.5 Å². The van der Waals surface area contributed by atoms with E-state index in [9.17, 15) is 0 Å². The standard InChI is InChI=1S/C51H37N9/c52-34-26-32(27-35(53)30-34)49-55-50(33-28-36(54)31-40(29-33)58(37-14-4-1-5-15-37)38-16-6-2-7-17-38)57-51(56-49)60-46-23-13-11-21-42(46)44-25-24-43-41-20-10-12-22-45(41)59(47(43)48(44)60)39-18-8-3-9-19-39/h1-31H,52-54H2. The summed E-state index contributed by atoms with van der Waals surface area (Å²) in [6.45, 7) is 0. The smallest absolute Gasteiger partial charge is 0.238 e. The second-order valence-corrected chi connectivity index (χ2v) is 14.9. The highest BCUT2D eigenvalue weighted by atomic mass is 15.2. The molecule has 0 fully saturated rings. The summed E-state index contributed by atoms with van der Waals surface area (Å²) in [5.74, 6) is 1.29. The normalized spacial score (nSPS) is 11.5. The molecule has 0 aliphatic carbocycles. The van der Waals surface area contributed by atoms with Gasteiger partial charge in [-0.1, -0.05) is 103 Å². The summed E-state index contributed by atoms with van der Waals surface area (Å²) in [6, 6.07) is 63.7. The van der Waals surface area contributed by atoms with Crippen molar-refractivity contribution in [2.75, 3.05) is 22.1 Å². The second kappa shape index (κ2) is 13.9. The molecule has 0 spiro atoms. The molecule has 0 aliphatic heterocycles. The molecule has 0 aliphatic rings. The molecule has 0 saturated carbocycles. The van der Waals surface area contributed by atoms with E-state index in [0.717, 1.165) is 66.4 Å². The number of fused-ring (bicyclic) bond motifs is 7. The molecule has 9 heteroatoms. The fraction of sp³-hybridized carbons (Fsp3) is 0. The van der Waals surface area contributed by atoms with Crippen molar-refractivity contribution in [3.63, 3.8) is 0 Å². The quantitative estimate of drug-likeness (QED) is 0.137. The summed E-state index contributed by atoms with van der Waals surface area (Å²) in [5, 5.41) is 4.41. The lowest BCUT2D eigenvalue weighted by Crippen LogP contribution is -2.11. The second-order valence-electron chi connectivity index (χ2n) is 14.9. The predicted molar refractivity (Wildman–Crippen MR) is 247 cm³/mol. The molecule has 3 aromatic heterocycles. The SMILES string of the molecule is Nc1cc(N)cc(-c2nc(-c3cc(N)cc(N(c4ccccc4)c4ccccc4)c3)nc(-n3c4ccccc4c4ccc5c6ccccc6n(-c6ccccc6)c5c43)n2)c1. The zero-order chi connectivity index (χ0) is 40.3. The van der Waals surface area contributed by atoms with Gasteiger partial charge in [0.1, 0.15) is 0 Å². The molecule has 3 heterocycles. The van der Waals surface area contributed by atoms with E-state index in [1.807, 2.05) is 66.7 Å². The Morgan fingerprint density at radius 2 is 0.817 bits per heavy atom. The van der Waals surface area contributed by atoms with Crippen molar-refractivity contribution in [1.82, 2.24) is 24.1 Å². The highest BCUT2D eigenvalue weighted by Crippen LogP contribution is 2.42. The van der Waals surface area contributed by atoms with Gasteiger partial charge in [-0.05, 0) is 84.9 Å². The number of rotatable bonds is 7. The first-order valence-electron chi connectivity index (χ1n) is 19.7. The predicted octanol–water partition coefficient (Wildman–Crippen LogP) is 11.6. The molecule has 0 saturated heterocycles. The van der Waals surface area contributed by atoms with Crippen LogP contribution in [0, 0.1) is 0 Å². The summed E-state index contributed by atoms with van der Waals surface area (Å²) in [5.41, 5.74) is 30.5. The van der Waals surface area contributed by atoms with Crippen molar-refractivity contribution in [2.45, 2.75) is 0 Å². The molecule has 0 amide bonds. The Kier molecular flexibility index (Phi) is 8.06. The molecule has 0 unspecified atom stereocenters. The highest BCUT2D eigenvalue weighted by Gasteiger charge is 2.24. The zero-order valence-electron chi connectivity index (χ0n) is 32.3. The van der Waals surface area contributed by atoms with E-state index >= 15 is 0 Å². The van der Waals surface area contributed by atoms with E-state index in [1.54, 1.807) is 6.07 Å². The molecule has 9 nitrogen and oxygen atoms in total. The third-order valence-electron chi connectivity index (χ3n) is 11.0. The lowest BCUT2D eigenvalue weighted by atomic mass is 10.1. The Morgan fingerprint density at radius 1 is 0.367 bits per heavy atom. The van der Waals surface area contributed by atoms with Crippen LogP contribution < -0.4 is 22.1 Å². The van der Waals surface area contributed by atoms with Crippen LogP contribution in [0.4, 0.5) is 34.1 Å². The van der Waals surface area contributed by atoms with E-state index in [0.29, 0.717) is 45.8 Å². The van der Waals surface area contributed by atoms with Crippen LogP contribution >= 0.6 is 0 Å². The van der Waals surface area contributed by atoms with Gasteiger partial charge in [-0.25, -0.2) is 4.98 Å². The van der Waals surface area contributed by atoms with Gasteiger partial charge in [-0.3, -0.25) is 4.57 Å². The minimum absolute atomic E-state index is 0.419. The van der Waals surface area contributed by atoms with Gasteiger partial charge in [0.15, 0.2) is 11.6 Å². The van der Waals surface area contributed by atoms with Crippen LogP contribution in [0.1, 0.15) is 0 Å². The molecule has 11 aromatic rings. The van der Waals surface area contributed by atoms with Gasteiger partial charge >= 0.3 is 0 Å². The first-order valence-corrected chi connectivity index (χ1v) is 19.7. The van der Waals surface area contributed by atoms with Crippen LogP contribution in [-0.4, -0.2) is 24.1 Å². The van der Waals surface area contributed by atoms with Crippen molar-refractivity contribution in [3.05, 3.63) is 188 Å². The van der Waals surface area contributed by atoms with Gasteiger partial charge in [-0.2, -0.15) is 9.97 Å². The van der Waals surface area contributed by atoms with Crippen LogP contribution in [0.5, 0.6) is 0 Å². The van der Waals surface area contributed by atoms with Crippen molar-refractivity contribution < 1.29 is 0 Å². The summed E-state index contributed by atoms with van der Waals surface area (Å²) < 4.78 is 4.51. The number of hydrogen-bond donors (Lipinski definition) is 3.